The Morgan fingerprint density at radius 1 is 1.16 bits per heavy atom. The zero-order chi connectivity index (χ0) is 14.4. The summed E-state index contributed by atoms with van der Waals surface area (Å²) in [4.78, 5) is 8.89. The van der Waals surface area contributed by atoms with Crippen molar-refractivity contribution in [1.82, 2.24) is 9.97 Å². The van der Waals surface area contributed by atoms with Crippen molar-refractivity contribution in [3.63, 3.8) is 0 Å². The molecule has 1 aromatic rings. The molecule has 0 unspecified atom stereocenters. The molecule has 0 atom stereocenters. The topological polar surface area (TPSA) is 73.1 Å². The van der Waals surface area contributed by atoms with E-state index in [4.69, 9.17) is 10.5 Å². The Balaban J connectivity index is 3.01. The first-order valence-corrected chi connectivity index (χ1v) is 6.97. The zero-order valence-electron chi connectivity index (χ0n) is 12.7. The maximum absolute atomic E-state index is 6.04. The van der Waals surface area contributed by atoms with E-state index >= 15 is 0 Å². The summed E-state index contributed by atoms with van der Waals surface area (Å²) in [7, 11) is 0. The van der Waals surface area contributed by atoms with Crippen molar-refractivity contribution in [2.45, 2.75) is 41.0 Å². The molecule has 3 N–H and O–H groups in total. The third kappa shape index (κ3) is 4.93. The lowest BCUT2D eigenvalue weighted by Gasteiger charge is -2.15. The third-order valence-corrected chi connectivity index (χ3v) is 2.51. The minimum absolute atomic E-state index is 0.486. The summed E-state index contributed by atoms with van der Waals surface area (Å²) in [5, 5.41) is 3.27. The van der Waals surface area contributed by atoms with Gasteiger partial charge in [0.2, 0.25) is 5.88 Å². The number of aromatic nitrogens is 2. The average Bonchev–Trinajstić information content (AvgIpc) is 2.30. The van der Waals surface area contributed by atoms with Crippen LogP contribution in [0.4, 0.5) is 11.5 Å². The first-order valence-electron chi connectivity index (χ1n) is 6.97. The van der Waals surface area contributed by atoms with Crippen LogP contribution in [0.25, 0.3) is 0 Å². The molecule has 0 spiro atoms. The predicted molar refractivity (Wildman–Crippen MR) is 79.5 cm³/mol. The molecular weight excluding hydrogens is 240 g/mol. The van der Waals surface area contributed by atoms with Gasteiger partial charge in [-0.1, -0.05) is 27.7 Å². The van der Waals surface area contributed by atoms with Gasteiger partial charge < -0.3 is 15.8 Å². The van der Waals surface area contributed by atoms with E-state index in [0.717, 1.165) is 18.8 Å². The number of nitrogens with two attached hydrogens (primary N) is 1. The quantitative estimate of drug-likeness (QED) is 0.794. The fourth-order valence-corrected chi connectivity index (χ4v) is 1.63. The maximum Gasteiger partial charge on any atom is 0.242 e. The lowest BCUT2D eigenvalue weighted by atomic mass is 10.1. The fraction of sp³-hybridized carbons (Fsp3) is 0.714. The second-order valence-electron chi connectivity index (χ2n) is 5.51. The van der Waals surface area contributed by atoms with E-state index in [1.165, 1.54) is 0 Å². The standard InChI is InChI=1S/C14H26N4O/c1-6-19-14-12(15)13(16-8-10(4)5)17-11(18-14)7-9(2)3/h9-10H,6-8,15H2,1-5H3,(H,16,17,18). The number of anilines is 2. The van der Waals surface area contributed by atoms with E-state index in [1.54, 1.807) is 0 Å². The normalized spacial score (nSPS) is 11.1. The second-order valence-corrected chi connectivity index (χ2v) is 5.51. The number of nitrogens with zero attached hydrogens (tertiary/aromatic N) is 2. The maximum atomic E-state index is 6.04. The Hall–Kier alpha value is -1.52. The Morgan fingerprint density at radius 3 is 2.37 bits per heavy atom. The molecule has 5 heteroatoms. The zero-order valence-corrected chi connectivity index (χ0v) is 12.7. The van der Waals surface area contributed by atoms with Crippen LogP contribution in [-0.2, 0) is 6.42 Å². The molecule has 1 rings (SSSR count). The van der Waals surface area contributed by atoms with Crippen LogP contribution in [0.3, 0.4) is 0 Å². The van der Waals surface area contributed by atoms with Crippen LogP contribution in [0.2, 0.25) is 0 Å². The molecule has 0 saturated carbocycles. The number of nitrogen functional groups attached to an aromatic ring is 1. The Bertz CT molecular complexity index is 405. The van der Waals surface area contributed by atoms with Crippen molar-refractivity contribution >= 4 is 11.5 Å². The van der Waals surface area contributed by atoms with Crippen molar-refractivity contribution in [2.75, 3.05) is 24.2 Å². The first kappa shape index (κ1) is 15.5. The molecular formula is C14H26N4O. The van der Waals surface area contributed by atoms with Crippen LogP contribution >= 0.6 is 0 Å². The summed E-state index contributed by atoms with van der Waals surface area (Å²) in [6.45, 7) is 11.9. The smallest absolute Gasteiger partial charge is 0.242 e. The lowest BCUT2D eigenvalue weighted by Crippen LogP contribution is -2.15. The van der Waals surface area contributed by atoms with Gasteiger partial charge in [0.05, 0.1) is 6.61 Å². The number of hydrogen-bond donors (Lipinski definition) is 2. The van der Waals surface area contributed by atoms with E-state index in [-0.39, 0.29) is 0 Å². The van der Waals surface area contributed by atoms with E-state index in [9.17, 15) is 0 Å². The molecule has 1 aromatic heterocycles. The molecule has 0 amide bonds. The van der Waals surface area contributed by atoms with Gasteiger partial charge in [0, 0.05) is 13.0 Å². The average molecular weight is 266 g/mol. The van der Waals surface area contributed by atoms with Gasteiger partial charge in [-0.25, -0.2) is 4.98 Å². The van der Waals surface area contributed by atoms with Crippen molar-refractivity contribution in [2.24, 2.45) is 11.8 Å². The van der Waals surface area contributed by atoms with Crippen LogP contribution in [0, 0.1) is 11.8 Å². The van der Waals surface area contributed by atoms with E-state index in [2.05, 4.69) is 43.0 Å². The van der Waals surface area contributed by atoms with E-state index < -0.39 is 0 Å². The highest BCUT2D eigenvalue weighted by molar-refractivity contribution is 5.66. The number of hydrogen-bond acceptors (Lipinski definition) is 5. The Labute approximate surface area is 116 Å². The van der Waals surface area contributed by atoms with Gasteiger partial charge in [0.15, 0.2) is 5.82 Å². The van der Waals surface area contributed by atoms with Crippen LogP contribution < -0.4 is 15.8 Å². The first-order chi connectivity index (χ1) is 8.93. The molecule has 0 fully saturated rings. The van der Waals surface area contributed by atoms with Gasteiger partial charge in [0.1, 0.15) is 11.5 Å². The highest BCUT2D eigenvalue weighted by atomic mass is 16.5. The van der Waals surface area contributed by atoms with E-state index in [0.29, 0.717) is 35.8 Å². The molecule has 0 aromatic carbocycles. The number of rotatable bonds is 7. The van der Waals surface area contributed by atoms with Crippen LogP contribution in [0.1, 0.15) is 40.4 Å². The summed E-state index contributed by atoms with van der Waals surface area (Å²) in [6, 6.07) is 0. The molecule has 0 saturated heterocycles. The minimum Gasteiger partial charge on any atom is -0.476 e. The second kappa shape index (κ2) is 7.16. The molecule has 5 nitrogen and oxygen atoms in total. The summed E-state index contributed by atoms with van der Waals surface area (Å²) >= 11 is 0. The highest BCUT2D eigenvalue weighted by Gasteiger charge is 2.13. The van der Waals surface area contributed by atoms with Crippen molar-refractivity contribution in [3.8, 4) is 5.88 Å². The number of nitrogens with one attached hydrogen (secondary N) is 1. The SMILES string of the molecule is CCOc1nc(CC(C)C)nc(NCC(C)C)c1N. The summed E-state index contributed by atoms with van der Waals surface area (Å²) < 4.78 is 5.49. The fourth-order valence-electron chi connectivity index (χ4n) is 1.63. The van der Waals surface area contributed by atoms with Crippen LogP contribution in [0.15, 0.2) is 0 Å². The molecule has 19 heavy (non-hydrogen) atoms. The van der Waals surface area contributed by atoms with Crippen molar-refractivity contribution < 1.29 is 4.74 Å². The lowest BCUT2D eigenvalue weighted by molar-refractivity contribution is 0.326. The van der Waals surface area contributed by atoms with Gasteiger partial charge in [-0.2, -0.15) is 4.98 Å². The van der Waals surface area contributed by atoms with Gasteiger partial charge in [-0.15, -0.1) is 0 Å². The third-order valence-electron chi connectivity index (χ3n) is 2.51. The van der Waals surface area contributed by atoms with Gasteiger partial charge in [-0.3, -0.25) is 0 Å². The molecule has 1 heterocycles. The van der Waals surface area contributed by atoms with Gasteiger partial charge >= 0.3 is 0 Å². The van der Waals surface area contributed by atoms with Crippen LogP contribution in [-0.4, -0.2) is 23.1 Å². The Morgan fingerprint density at radius 2 is 1.84 bits per heavy atom. The van der Waals surface area contributed by atoms with Crippen molar-refractivity contribution in [1.29, 1.82) is 0 Å². The van der Waals surface area contributed by atoms with Gasteiger partial charge in [-0.05, 0) is 18.8 Å². The molecule has 108 valence electrons. The van der Waals surface area contributed by atoms with Crippen LogP contribution in [0.5, 0.6) is 5.88 Å². The van der Waals surface area contributed by atoms with E-state index in [1.807, 2.05) is 6.92 Å². The van der Waals surface area contributed by atoms with Gasteiger partial charge in [0.25, 0.3) is 0 Å². The number of ether oxygens (including phenoxy) is 1. The summed E-state index contributed by atoms with van der Waals surface area (Å²) in [5.74, 6) is 2.97. The monoisotopic (exact) mass is 266 g/mol. The minimum atomic E-state index is 0.486. The predicted octanol–water partition coefficient (Wildman–Crippen LogP) is 2.72. The molecule has 0 radical (unpaired) electrons. The molecule has 0 bridgehead atoms. The Kier molecular flexibility index (Phi) is 5.86. The molecule has 0 aliphatic carbocycles. The van der Waals surface area contributed by atoms with Crippen molar-refractivity contribution in [3.05, 3.63) is 5.82 Å². The summed E-state index contributed by atoms with van der Waals surface area (Å²) in [6.07, 6.45) is 0.816. The molecule has 0 aliphatic heterocycles. The highest BCUT2D eigenvalue weighted by Crippen LogP contribution is 2.27. The summed E-state index contributed by atoms with van der Waals surface area (Å²) in [5.41, 5.74) is 6.54. The molecule has 0 aliphatic rings. The largest absolute Gasteiger partial charge is 0.476 e.